The van der Waals surface area contributed by atoms with E-state index in [0.717, 1.165) is 26.3 Å². The molecule has 0 aliphatic carbocycles. The lowest BCUT2D eigenvalue weighted by atomic mass is 9.92. The van der Waals surface area contributed by atoms with Crippen molar-refractivity contribution in [3.63, 3.8) is 0 Å². The smallest absolute Gasteiger partial charge is 0.408 e. The van der Waals surface area contributed by atoms with Gasteiger partial charge in [0.2, 0.25) is 0 Å². The minimum atomic E-state index is -0.176. The van der Waals surface area contributed by atoms with Gasteiger partial charge in [0.15, 0.2) is 0 Å². The van der Waals surface area contributed by atoms with Gasteiger partial charge in [0, 0.05) is 32.9 Å². The number of ether oxygens (including phenoxy) is 1. The number of hydrogen-bond acceptors (Lipinski definition) is 4. The van der Waals surface area contributed by atoms with E-state index in [9.17, 15) is 0 Å². The average molecular weight is 341 g/mol. The molecule has 1 saturated heterocycles. The molecule has 1 fully saturated rings. The van der Waals surface area contributed by atoms with Crippen LogP contribution in [-0.2, 0) is 14.0 Å². The zero-order chi connectivity index (χ0) is 17.3. The number of unbranched alkanes of at least 4 members (excludes halogenated alkanes) is 9. The number of rotatable bonds is 14. The minimum absolute atomic E-state index is 0.176. The highest BCUT2D eigenvalue weighted by molar-refractivity contribution is 6.44. The molecule has 4 nitrogen and oxygen atoms in total. The SMILES string of the molecule is CCCCCCCCCCCCN1CCOB(COCC)OCC1. The van der Waals surface area contributed by atoms with Crippen LogP contribution in [0.1, 0.15) is 78.1 Å². The summed E-state index contributed by atoms with van der Waals surface area (Å²) in [5.74, 6) is 0. The van der Waals surface area contributed by atoms with Crippen LogP contribution in [0.25, 0.3) is 0 Å². The lowest BCUT2D eigenvalue weighted by molar-refractivity contribution is 0.0831. The largest absolute Gasteiger partial charge is 0.484 e. The standard InChI is InChI=1S/C19H40BNO3/c1-3-5-6-7-8-9-10-11-12-13-14-21-15-17-23-20(19-22-4-2)24-18-16-21/h3-19H2,1-2H3. The molecule has 1 aliphatic rings. The zero-order valence-corrected chi connectivity index (χ0v) is 16.3. The van der Waals surface area contributed by atoms with E-state index in [4.69, 9.17) is 14.0 Å². The van der Waals surface area contributed by atoms with Crippen LogP contribution in [0.5, 0.6) is 0 Å². The van der Waals surface area contributed by atoms with E-state index in [-0.39, 0.29) is 7.12 Å². The van der Waals surface area contributed by atoms with E-state index in [0.29, 0.717) is 13.1 Å². The second-order valence-corrected chi connectivity index (χ2v) is 6.85. The van der Waals surface area contributed by atoms with Gasteiger partial charge in [0.05, 0.1) is 6.51 Å². The first-order valence-corrected chi connectivity index (χ1v) is 10.4. The van der Waals surface area contributed by atoms with Crippen LogP contribution in [0.2, 0.25) is 0 Å². The number of nitrogens with zero attached hydrogens (tertiary/aromatic N) is 1. The van der Waals surface area contributed by atoms with Gasteiger partial charge in [0.25, 0.3) is 0 Å². The molecule has 0 saturated carbocycles. The third-order valence-electron chi connectivity index (χ3n) is 4.71. The van der Waals surface area contributed by atoms with E-state index in [1.807, 2.05) is 6.92 Å². The molecule has 1 rings (SSSR count). The van der Waals surface area contributed by atoms with Gasteiger partial charge in [-0.3, -0.25) is 4.90 Å². The van der Waals surface area contributed by atoms with Crippen LogP contribution >= 0.6 is 0 Å². The first kappa shape index (κ1) is 21.9. The molecule has 0 spiro atoms. The number of hydrogen-bond donors (Lipinski definition) is 0. The monoisotopic (exact) mass is 341 g/mol. The second kappa shape index (κ2) is 16.4. The molecular formula is C19H40BNO3. The van der Waals surface area contributed by atoms with E-state index in [1.54, 1.807) is 0 Å². The summed E-state index contributed by atoms with van der Waals surface area (Å²) in [4.78, 5) is 2.47. The predicted molar refractivity (Wildman–Crippen MR) is 102 cm³/mol. The molecule has 0 bridgehead atoms. The van der Waals surface area contributed by atoms with Gasteiger partial charge in [-0.1, -0.05) is 64.7 Å². The van der Waals surface area contributed by atoms with Gasteiger partial charge in [-0.25, -0.2) is 0 Å². The average Bonchev–Trinajstić information content (AvgIpc) is 2.57. The molecule has 142 valence electrons. The molecule has 5 heteroatoms. The van der Waals surface area contributed by atoms with Gasteiger partial charge in [-0.05, 0) is 19.9 Å². The summed E-state index contributed by atoms with van der Waals surface area (Å²) >= 11 is 0. The summed E-state index contributed by atoms with van der Waals surface area (Å²) in [5, 5.41) is 0. The van der Waals surface area contributed by atoms with Gasteiger partial charge in [-0.15, -0.1) is 0 Å². The van der Waals surface area contributed by atoms with Gasteiger partial charge in [-0.2, -0.15) is 0 Å². The highest BCUT2D eigenvalue weighted by Crippen LogP contribution is 2.11. The van der Waals surface area contributed by atoms with Crippen LogP contribution in [0.15, 0.2) is 0 Å². The minimum Gasteiger partial charge on any atom is -0.408 e. The molecule has 0 aromatic carbocycles. The topological polar surface area (TPSA) is 30.9 Å². The Labute approximate surface area is 150 Å². The molecule has 0 N–H and O–H groups in total. The highest BCUT2D eigenvalue weighted by Gasteiger charge is 2.21. The van der Waals surface area contributed by atoms with Crippen LogP contribution in [0.4, 0.5) is 0 Å². The van der Waals surface area contributed by atoms with E-state index in [1.165, 1.54) is 70.8 Å². The maximum atomic E-state index is 5.73. The Balaban J connectivity index is 1.91. The van der Waals surface area contributed by atoms with Crippen molar-refractivity contribution in [2.75, 3.05) is 46.0 Å². The lowest BCUT2D eigenvalue weighted by Gasteiger charge is -2.27. The van der Waals surface area contributed by atoms with Gasteiger partial charge >= 0.3 is 7.12 Å². The maximum absolute atomic E-state index is 5.73. The maximum Gasteiger partial charge on any atom is 0.484 e. The van der Waals surface area contributed by atoms with Crippen molar-refractivity contribution in [1.82, 2.24) is 4.90 Å². The molecule has 0 atom stereocenters. The summed E-state index contributed by atoms with van der Waals surface area (Å²) in [6.07, 6.45) is 14.0. The Kier molecular flexibility index (Phi) is 15.0. The van der Waals surface area contributed by atoms with E-state index >= 15 is 0 Å². The second-order valence-electron chi connectivity index (χ2n) is 6.85. The summed E-state index contributed by atoms with van der Waals surface area (Å²) in [5.41, 5.74) is 0. The van der Waals surface area contributed by atoms with Crippen LogP contribution in [-0.4, -0.2) is 58.0 Å². The van der Waals surface area contributed by atoms with Crippen LogP contribution < -0.4 is 0 Å². The molecule has 0 unspecified atom stereocenters. The van der Waals surface area contributed by atoms with Crippen molar-refractivity contribution in [2.24, 2.45) is 0 Å². The Morgan fingerprint density at radius 3 is 1.88 bits per heavy atom. The summed E-state index contributed by atoms with van der Waals surface area (Å²) in [7, 11) is -0.176. The lowest BCUT2D eigenvalue weighted by Crippen LogP contribution is -2.41. The van der Waals surface area contributed by atoms with Crippen molar-refractivity contribution < 1.29 is 14.0 Å². The fourth-order valence-electron chi connectivity index (χ4n) is 3.14. The molecule has 1 heterocycles. The van der Waals surface area contributed by atoms with Gasteiger partial charge < -0.3 is 14.0 Å². The molecule has 0 radical (unpaired) electrons. The molecule has 0 aromatic heterocycles. The third-order valence-corrected chi connectivity index (χ3v) is 4.71. The molecule has 0 amide bonds. The van der Waals surface area contributed by atoms with Crippen molar-refractivity contribution in [2.45, 2.75) is 78.1 Å². The van der Waals surface area contributed by atoms with E-state index < -0.39 is 0 Å². The highest BCUT2D eigenvalue weighted by atomic mass is 16.6. The Hall–Kier alpha value is -0.0951. The third kappa shape index (κ3) is 12.3. The quantitative estimate of drug-likeness (QED) is 0.348. The summed E-state index contributed by atoms with van der Waals surface area (Å²) in [6.45, 7) is 10.3. The van der Waals surface area contributed by atoms with Crippen molar-refractivity contribution in [3.8, 4) is 0 Å². The van der Waals surface area contributed by atoms with Crippen molar-refractivity contribution in [1.29, 1.82) is 0 Å². The molecule has 24 heavy (non-hydrogen) atoms. The first-order chi connectivity index (χ1) is 11.9. The first-order valence-electron chi connectivity index (χ1n) is 10.4. The fraction of sp³-hybridized carbons (Fsp3) is 1.00. The van der Waals surface area contributed by atoms with Gasteiger partial charge in [0.1, 0.15) is 0 Å². The van der Waals surface area contributed by atoms with Crippen molar-refractivity contribution >= 4 is 7.12 Å². The Bertz CT molecular complexity index is 259. The van der Waals surface area contributed by atoms with E-state index in [2.05, 4.69) is 11.8 Å². The normalized spacial score (nSPS) is 17.0. The Morgan fingerprint density at radius 1 is 0.792 bits per heavy atom. The predicted octanol–water partition coefficient (Wildman–Crippen LogP) is 4.32. The summed E-state index contributed by atoms with van der Waals surface area (Å²) < 4.78 is 16.8. The Morgan fingerprint density at radius 2 is 1.33 bits per heavy atom. The molecule has 0 aromatic rings. The fourth-order valence-corrected chi connectivity index (χ4v) is 3.14. The van der Waals surface area contributed by atoms with Crippen molar-refractivity contribution in [3.05, 3.63) is 0 Å². The zero-order valence-electron chi connectivity index (χ0n) is 16.3. The molecule has 1 aliphatic heterocycles. The van der Waals surface area contributed by atoms with Crippen LogP contribution in [0, 0.1) is 0 Å². The van der Waals surface area contributed by atoms with Crippen LogP contribution in [0.3, 0.4) is 0 Å². The molecular weight excluding hydrogens is 301 g/mol. The summed E-state index contributed by atoms with van der Waals surface area (Å²) in [6, 6.07) is 0.